The number of carboxylic acids is 1. The molecule has 0 saturated carbocycles. The van der Waals surface area contributed by atoms with E-state index in [-0.39, 0.29) is 17.9 Å². The Bertz CT molecular complexity index is 1410. The maximum atomic E-state index is 13.0. The molecule has 2 heterocycles. The van der Waals surface area contributed by atoms with Gasteiger partial charge in [0.15, 0.2) is 11.9 Å². The topological polar surface area (TPSA) is 86.4 Å². The average molecular weight is 504 g/mol. The highest BCUT2D eigenvalue weighted by Crippen LogP contribution is 2.35. The maximum Gasteiger partial charge on any atom is 0.416 e. The predicted molar refractivity (Wildman–Crippen MR) is 123 cm³/mol. The van der Waals surface area contributed by atoms with Crippen molar-refractivity contribution in [3.05, 3.63) is 97.9 Å². The minimum absolute atomic E-state index is 0.142. The molecule has 4 rings (SSSR count). The minimum atomic E-state index is -4.50. The smallest absolute Gasteiger partial charge is 0.416 e. The van der Waals surface area contributed by atoms with Crippen molar-refractivity contribution >= 4 is 17.3 Å². The van der Waals surface area contributed by atoms with Crippen LogP contribution in [0, 0.1) is 6.92 Å². The number of nitrogens with zero attached hydrogens (tertiary/aromatic N) is 3. The molecule has 7 nitrogen and oxygen atoms in total. The summed E-state index contributed by atoms with van der Waals surface area (Å²) in [6.07, 6.45) is -5.48. The molecule has 1 unspecified atom stereocenters. The molecular formula is C24H20F3N3O4S. The number of aromatic nitrogens is 3. The fourth-order valence-corrected chi connectivity index (χ4v) is 4.50. The molecule has 0 saturated heterocycles. The highest BCUT2D eigenvalue weighted by Gasteiger charge is 2.31. The Morgan fingerprint density at radius 2 is 1.80 bits per heavy atom. The number of halogens is 3. The summed E-state index contributed by atoms with van der Waals surface area (Å²) in [6, 6.07) is 13.2. The molecule has 0 amide bonds. The molecule has 1 atom stereocenters. The fraction of sp³-hybridized carbons (Fsp3) is 0.208. The van der Waals surface area contributed by atoms with Gasteiger partial charge in [-0.2, -0.15) is 17.9 Å². The summed E-state index contributed by atoms with van der Waals surface area (Å²) >= 11 is 1.26. The molecule has 35 heavy (non-hydrogen) atoms. The van der Waals surface area contributed by atoms with E-state index in [9.17, 15) is 22.8 Å². The minimum Gasteiger partial charge on any atom is -0.481 e. The summed E-state index contributed by atoms with van der Waals surface area (Å²) in [5.41, 5.74) is 0.141. The van der Waals surface area contributed by atoms with Crippen LogP contribution in [-0.4, -0.2) is 25.4 Å². The first-order valence-electron chi connectivity index (χ1n) is 10.4. The molecule has 11 heteroatoms. The number of rotatable bonds is 7. The van der Waals surface area contributed by atoms with Crippen molar-refractivity contribution in [3.63, 3.8) is 0 Å². The van der Waals surface area contributed by atoms with Gasteiger partial charge in [-0.1, -0.05) is 30.3 Å². The van der Waals surface area contributed by atoms with Gasteiger partial charge in [0.05, 0.1) is 17.7 Å². The van der Waals surface area contributed by atoms with Crippen LogP contribution in [0.15, 0.2) is 64.8 Å². The maximum absolute atomic E-state index is 13.0. The number of hydrogen-bond acceptors (Lipinski definition) is 5. The molecule has 0 fully saturated rings. The SMILES string of the molecule is Cc1c(OC(c2ccccc2)c2nn(-c3ccc(C(F)(F)F)cc3)c(=O)n2C)csc1CC(=O)O. The highest BCUT2D eigenvalue weighted by molar-refractivity contribution is 7.10. The van der Waals surface area contributed by atoms with Crippen LogP contribution < -0.4 is 10.4 Å². The lowest BCUT2D eigenvalue weighted by Crippen LogP contribution is -2.23. The largest absolute Gasteiger partial charge is 0.481 e. The first-order valence-corrected chi connectivity index (χ1v) is 11.3. The standard InChI is InChI=1S/C24H20F3N3O4S/c1-14-18(13-35-19(14)12-20(31)32)34-21(15-6-4-3-5-7-15)22-28-30(23(33)29(22)2)17-10-8-16(9-11-17)24(25,26)27/h3-11,13,21H,12H2,1-2H3,(H,31,32). The summed E-state index contributed by atoms with van der Waals surface area (Å²) in [5.74, 6) is -0.276. The van der Waals surface area contributed by atoms with Crippen molar-refractivity contribution in [2.24, 2.45) is 7.05 Å². The zero-order chi connectivity index (χ0) is 25.3. The molecule has 0 aliphatic heterocycles. The van der Waals surface area contributed by atoms with Gasteiger partial charge in [-0.05, 0) is 31.2 Å². The van der Waals surface area contributed by atoms with E-state index in [1.165, 1.54) is 35.1 Å². The second-order valence-electron chi connectivity index (χ2n) is 7.78. The van der Waals surface area contributed by atoms with Gasteiger partial charge in [-0.25, -0.2) is 4.79 Å². The van der Waals surface area contributed by atoms with E-state index in [2.05, 4.69) is 5.10 Å². The van der Waals surface area contributed by atoms with Gasteiger partial charge < -0.3 is 9.84 Å². The van der Waals surface area contributed by atoms with Gasteiger partial charge in [0.1, 0.15) is 5.75 Å². The van der Waals surface area contributed by atoms with Crippen LogP contribution in [0.25, 0.3) is 5.69 Å². The Morgan fingerprint density at radius 3 is 2.40 bits per heavy atom. The first kappa shape index (κ1) is 24.3. The zero-order valence-electron chi connectivity index (χ0n) is 18.6. The Labute approximate surface area is 201 Å². The summed E-state index contributed by atoms with van der Waals surface area (Å²) in [7, 11) is 1.50. The summed E-state index contributed by atoms with van der Waals surface area (Å²) in [6.45, 7) is 1.76. The Hall–Kier alpha value is -3.86. The van der Waals surface area contributed by atoms with Crippen molar-refractivity contribution < 1.29 is 27.8 Å². The summed E-state index contributed by atoms with van der Waals surface area (Å²) in [4.78, 5) is 24.8. The average Bonchev–Trinajstić information content (AvgIpc) is 3.31. The summed E-state index contributed by atoms with van der Waals surface area (Å²) in [5, 5.41) is 15.2. The van der Waals surface area contributed by atoms with Gasteiger partial charge in [0.25, 0.3) is 0 Å². The number of carbonyl (C=O) groups is 1. The Morgan fingerprint density at radius 1 is 1.14 bits per heavy atom. The first-order chi connectivity index (χ1) is 16.6. The number of ether oxygens (including phenoxy) is 1. The fourth-order valence-electron chi connectivity index (χ4n) is 3.53. The molecule has 1 N–H and O–H groups in total. The number of benzene rings is 2. The van der Waals surface area contributed by atoms with Crippen LogP contribution in [0.4, 0.5) is 13.2 Å². The second kappa shape index (κ2) is 9.41. The molecule has 0 bridgehead atoms. The third-order valence-corrected chi connectivity index (χ3v) is 6.51. The van der Waals surface area contributed by atoms with Gasteiger partial charge in [0.2, 0.25) is 0 Å². The number of hydrogen-bond donors (Lipinski definition) is 1. The van der Waals surface area contributed by atoms with Crippen molar-refractivity contribution in [2.45, 2.75) is 25.6 Å². The zero-order valence-corrected chi connectivity index (χ0v) is 19.4. The van der Waals surface area contributed by atoms with E-state index in [0.29, 0.717) is 21.8 Å². The van der Waals surface area contributed by atoms with Gasteiger partial charge in [0, 0.05) is 28.4 Å². The Balaban J connectivity index is 1.76. The molecule has 182 valence electrons. The summed E-state index contributed by atoms with van der Waals surface area (Å²) < 4.78 is 47.4. The van der Waals surface area contributed by atoms with E-state index in [0.717, 1.165) is 16.8 Å². The quantitative estimate of drug-likeness (QED) is 0.393. The number of carboxylic acid groups (broad SMARTS) is 1. The third kappa shape index (κ3) is 4.99. The number of thiophene rings is 1. The van der Waals surface area contributed by atoms with E-state index in [1.807, 2.05) is 6.07 Å². The van der Waals surface area contributed by atoms with Crippen LogP contribution in [0.5, 0.6) is 5.75 Å². The van der Waals surface area contributed by atoms with Gasteiger partial charge >= 0.3 is 17.8 Å². The Kier molecular flexibility index (Phi) is 6.53. The van der Waals surface area contributed by atoms with Crippen LogP contribution >= 0.6 is 11.3 Å². The molecule has 0 aliphatic carbocycles. The lowest BCUT2D eigenvalue weighted by Gasteiger charge is -2.18. The van der Waals surface area contributed by atoms with Crippen LogP contribution in [0.3, 0.4) is 0 Å². The second-order valence-corrected chi connectivity index (χ2v) is 8.75. The van der Waals surface area contributed by atoms with Crippen LogP contribution in [0.2, 0.25) is 0 Å². The van der Waals surface area contributed by atoms with Crippen molar-refractivity contribution in [1.82, 2.24) is 14.3 Å². The number of alkyl halides is 3. The lowest BCUT2D eigenvalue weighted by molar-refractivity contribution is -0.138. The molecule has 2 aromatic heterocycles. The molecule has 0 radical (unpaired) electrons. The van der Waals surface area contributed by atoms with Crippen LogP contribution in [0.1, 0.15) is 33.5 Å². The molecule has 0 spiro atoms. The monoisotopic (exact) mass is 503 g/mol. The van der Waals surface area contributed by atoms with E-state index in [4.69, 9.17) is 9.84 Å². The van der Waals surface area contributed by atoms with E-state index >= 15 is 0 Å². The van der Waals surface area contributed by atoms with E-state index < -0.39 is 29.5 Å². The van der Waals surface area contributed by atoms with Crippen molar-refractivity contribution in [3.8, 4) is 11.4 Å². The molecule has 4 aromatic rings. The van der Waals surface area contributed by atoms with Crippen molar-refractivity contribution in [1.29, 1.82) is 0 Å². The van der Waals surface area contributed by atoms with Gasteiger partial charge in [-0.3, -0.25) is 9.36 Å². The lowest BCUT2D eigenvalue weighted by atomic mass is 10.1. The molecule has 2 aromatic carbocycles. The molecular weight excluding hydrogens is 483 g/mol. The van der Waals surface area contributed by atoms with Gasteiger partial charge in [-0.15, -0.1) is 16.4 Å². The number of aliphatic carboxylic acids is 1. The highest BCUT2D eigenvalue weighted by atomic mass is 32.1. The van der Waals surface area contributed by atoms with Crippen molar-refractivity contribution in [2.75, 3.05) is 0 Å². The van der Waals surface area contributed by atoms with E-state index in [1.54, 1.807) is 36.6 Å². The third-order valence-electron chi connectivity index (χ3n) is 5.44. The normalized spacial score (nSPS) is 12.5. The van der Waals surface area contributed by atoms with Crippen LogP contribution in [-0.2, 0) is 24.4 Å². The molecule has 0 aliphatic rings. The predicted octanol–water partition coefficient (Wildman–Crippen LogP) is 4.76.